The Bertz CT molecular complexity index is 1120. The minimum Gasteiger partial charge on any atom is -0.486 e. The van der Waals surface area contributed by atoms with Gasteiger partial charge in [0.15, 0.2) is 11.5 Å². The molecule has 0 unspecified atom stereocenters. The average molecular weight is 433 g/mol. The van der Waals surface area contributed by atoms with E-state index in [2.05, 4.69) is 5.32 Å². The van der Waals surface area contributed by atoms with Gasteiger partial charge in [-0.05, 0) is 60.6 Å². The molecule has 1 N–H and O–H groups in total. The van der Waals surface area contributed by atoms with E-state index in [9.17, 15) is 4.79 Å². The van der Waals surface area contributed by atoms with Gasteiger partial charge in [-0.25, -0.2) is 4.99 Å². The Labute approximate surface area is 185 Å². The van der Waals surface area contributed by atoms with E-state index in [1.807, 2.05) is 54.7 Å². The molecule has 3 aromatic rings. The maximum absolute atomic E-state index is 13.2. The topological polar surface area (TPSA) is 59.9 Å². The van der Waals surface area contributed by atoms with Crippen LogP contribution in [0.25, 0.3) is 0 Å². The number of benzene rings is 2. The second-order valence-electron chi connectivity index (χ2n) is 7.72. The number of hydrogen-bond donors (Lipinski definition) is 1. The molecule has 0 spiro atoms. The van der Waals surface area contributed by atoms with Gasteiger partial charge >= 0.3 is 0 Å². The van der Waals surface area contributed by atoms with Gasteiger partial charge in [0.1, 0.15) is 18.2 Å². The van der Waals surface area contributed by atoms with Gasteiger partial charge in [0, 0.05) is 17.6 Å². The number of hydrogen-bond acceptors (Lipinski definition) is 5. The molecule has 2 aromatic carbocycles. The lowest BCUT2D eigenvalue weighted by Crippen LogP contribution is -2.24. The lowest BCUT2D eigenvalue weighted by Gasteiger charge is -2.18. The lowest BCUT2D eigenvalue weighted by molar-refractivity contribution is 0.0951. The molecule has 5 nitrogen and oxygen atoms in total. The fourth-order valence-electron chi connectivity index (χ4n) is 4.02. The number of fused-ring (bicyclic) bond motifs is 2. The summed E-state index contributed by atoms with van der Waals surface area (Å²) in [6.45, 7) is 1.63. The van der Waals surface area contributed by atoms with Crippen LogP contribution in [-0.4, -0.2) is 25.3 Å². The van der Waals surface area contributed by atoms with Crippen molar-refractivity contribution >= 4 is 28.5 Å². The van der Waals surface area contributed by atoms with E-state index in [0.29, 0.717) is 19.8 Å². The number of carbonyl (C=O) groups is 1. The molecule has 1 aliphatic carbocycles. The molecule has 0 bridgehead atoms. The number of aryl methyl sites for hydroxylation is 1. The Hall–Kier alpha value is -3.12. The van der Waals surface area contributed by atoms with Crippen LogP contribution in [0, 0.1) is 0 Å². The molecule has 6 heteroatoms. The van der Waals surface area contributed by atoms with Crippen LogP contribution in [0.4, 0.5) is 5.00 Å². The van der Waals surface area contributed by atoms with E-state index >= 15 is 0 Å². The third kappa shape index (κ3) is 4.35. The van der Waals surface area contributed by atoms with Crippen LogP contribution in [0.5, 0.6) is 11.5 Å². The first-order valence-corrected chi connectivity index (χ1v) is 11.5. The number of nitrogens with zero attached hydrogens (tertiary/aromatic N) is 1. The molecule has 1 amide bonds. The van der Waals surface area contributed by atoms with Crippen molar-refractivity contribution < 1.29 is 14.3 Å². The van der Waals surface area contributed by atoms with Gasteiger partial charge in [0.25, 0.3) is 5.91 Å². The van der Waals surface area contributed by atoms with Crippen molar-refractivity contribution in [1.29, 1.82) is 0 Å². The van der Waals surface area contributed by atoms with Crippen LogP contribution in [0.15, 0.2) is 53.5 Å². The van der Waals surface area contributed by atoms with Crippen LogP contribution in [-0.2, 0) is 19.4 Å². The maximum atomic E-state index is 13.2. The van der Waals surface area contributed by atoms with Crippen LogP contribution >= 0.6 is 11.3 Å². The summed E-state index contributed by atoms with van der Waals surface area (Å²) in [6, 6.07) is 15.8. The molecule has 2 aliphatic rings. The number of aliphatic imine (C=N–C) groups is 1. The molecule has 158 valence electrons. The van der Waals surface area contributed by atoms with Crippen molar-refractivity contribution in [3.8, 4) is 11.5 Å². The Morgan fingerprint density at radius 2 is 1.84 bits per heavy atom. The van der Waals surface area contributed by atoms with E-state index < -0.39 is 0 Å². The van der Waals surface area contributed by atoms with Gasteiger partial charge in [-0.2, -0.15) is 0 Å². The van der Waals surface area contributed by atoms with Gasteiger partial charge in [0.2, 0.25) is 0 Å². The molecule has 0 fully saturated rings. The summed E-state index contributed by atoms with van der Waals surface area (Å²) in [5.74, 6) is 1.45. The quantitative estimate of drug-likeness (QED) is 0.572. The Kier molecular flexibility index (Phi) is 5.71. The summed E-state index contributed by atoms with van der Waals surface area (Å²) in [6.07, 6.45) is 6.07. The van der Waals surface area contributed by atoms with Gasteiger partial charge in [-0.1, -0.05) is 30.3 Å². The zero-order valence-corrected chi connectivity index (χ0v) is 18.0. The molecular weight excluding hydrogens is 408 g/mol. The molecule has 0 saturated carbocycles. The van der Waals surface area contributed by atoms with E-state index in [0.717, 1.165) is 52.5 Å². The fourth-order valence-corrected chi connectivity index (χ4v) is 5.25. The monoisotopic (exact) mass is 432 g/mol. The molecule has 5 rings (SSSR count). The standard InChI is InChI=1S/C25H24N2O3S/c28-24(26-15-17-6-2-1-3-7-17)23-19-8-4-5-9-22(19)31-25(23)27-16-18-10-11-20-21(14-18)30-13-12-29-20/h1-3,6-7,10-11,14,16H,4-5,8-9,12-13,15H2,(H,26,28). The highest BCUT2D eigenvalue weighted by Crippen LogP contribution is 2.40. The van der Waals surface area contributed by atoms with Crippen molar-refractivity contribution in [2.45, 2.75) is 32.2 Å². The highest BCUT2D eigenvalue weighted by atomic mass is 32.1. The predicted molar refractivity (Wildman–Crippen MR) is 123 cm³/mol. The molecule has 0 atom stereocenters. The van der Waals surface area contributed by atoms with E-state index in [4.69, 9.17) is 14.5 Å². The van der Waals surface area contributed by atoms with Crippen LogP contribution in [0.3, 0.4) is 0 Å². The first-order valence-electron chi connectivity index (χ1n) is 10.7. The Morgan fingerprint density at radius 1 is 1.03 bits per heavy atom. The fraction of sp³-hybridized carbons (Fsp3) is 0.280. The predicted octanol–water partition coefficient (Wildman–Crippen LogP) is 5.08. The smallest absolute Gasteiger partial charge is 0.254 e. The molecule has 1 aromatic heterocycles. The first-order chi connectivity index (χ1) is 15.3. The molecule has 31 heavy (non-hydrogen) atoms. The SMILES string of the molecule is O=C(NCc1ccccc1)c1c(N=Cc2ccc3c(c2)OCCO3)sc2c1CCCC2. The van der Waals surface area contributed by atoms with Crippen LogP contribution in [0.1, 0.15) is 44.8 Å². The van der Waals surface area contributed by atoms with Crippen molar-refractivity contribution in [2.24, 2.45) is 4.99 Å². The van der Waals surface area contributed by atoms with Gasteiger partial charge in [-0.15, -0.1) is 11.3 Å². The summed E-state index contributed by atoms with van der Waals surface area (Å²) in [5, 5.41) is 3.87. The zero-order valence-electron chi connectivity index (χ0n) is 17.2. The molecule has 1 aliphatic heterocycles. The minimum absolute atomic E-state index is 0.0439. The summed E-state index contributed by atoms with van der Waals surface area (Å²) < 4.78 is 11.3. The van der Waals surface area contributed by atoms with E-state index in [1.54, 1.807) is 11.3 Å². The first kappa shape index (κ1) is 19.8. The summed E-state index contributed by atoms with van der Waals surface area (Å²) in [5.41, 5.74) is 3.92. The summed E-state index contributed by atoms with van der Waals surface area (Å²) >= 11 is 1.65. The van der Waals surface area contributed by atoms with Gasteiger partial charge in [-0.3, -0.25) is 4.79 Å². The second-order valence-corrected chi connectivity index (χ2v) is 8.80. The third-order valence-electron chi connectivity index (χ3n) is 5.57. The summed E-state index contributed by atoms with van der Waals surface area (Å²) in [7, 11) is 0. The number of rotatable bonds is 5. The highest BCUT2D eigenvalue weighted by molar-refractivity contribution is 7.16. The Balaban J connectivity index is 1.41. The Morgan fingerprint density at radius 3 is 2.71 bits per heavy atom. The third-order valence-corrected chi connectivity index (χ3v) is 6.77. The zero-order chi connectivity index (χ0) is 21.0. The lowest BCUT2D eigenvalue weighted by atomic mass is 9.95. The van der Waals surface area contributed by atoms with E-state index in [1.165, 1.54) is 16.9 Å². The van der Waals surface area contributed by atoms with Gasteiger partial charge < -0.3 is 14.8 Å². The molecule has 2 heterocycles. The summed E-state index contributed by atoms with van der Waals surface area (Å²) in [4.78, 5) is 19.2. The van der Waals surface area contributed by atoms with E-state index in [-0.39, 0.29) is 5.91 Å². The van der Waals surface area contributed by atoms with Crippen molar-refractivity contribution in [2.75, 3.05) is 13.2 Å². The average Bonchev–Trinajstić information content (AvgIpc) is 3.20. The maximum Gasteiger partial charge on any atom is 0.254 e. The van der Waals surface area contributed by atoms with Gasteiger partial charge in [0.05, 0.1) is 5.56 Å². The second kappa shape index (κ2) is 8.94. The molecular formula is C25H24N2O3S. The van der Waals surface area contributed by atoms with Crippen LogP contribution < -0.4 is 14.8 Å². The molecule has 0 radical (unpaired) electrons. The largest absolute Gasteiger partial charge is 0.486 e. The normalized spacial score (nSPS) is 15.0. The van der Waals surface area contributed by atoms with Crippen molar-refractivity contribution in [1.82, 2.24) is 5.32 Å². The van der Waals surface area contributed by atoms with Crippen molar-refractivity contribution in [3.05, 3.63) is 75.7 Å². The number of carbonyl (C=O) groups excluding carboxylic acids is 1. The number of nitrogens with one attached hydrogen (secondary N) is 1. The minimum atomic E-state index is -0.0439. The number of ether oxygens (including phenoxy) is 2. The molecule has 0 saturated heterocycles. The highest BCUT2D eigenvalue weighted by Gasteiger charge is 2.25. The van der Waals surface area contributed by atoms with Crippen molar-refractivity contribution in [3.63, 3.8) is 0 Å². The van der Waals surface area contributed by atoms with Crippen LogP contribution in [0.2, 0.25) is 0 Å². The number of amides is 1. The number of thiophene rings is 1.